The third-order valence-corrected chi connectivity index (χ3v) is 7.61. The van der Waals surface area contributed by atoms with Crippen LogP contribution in [0.25, 0.3) is 0 Å². The Balaban J connectivity index is 0.000000256. The summed E-state index contributed by atoms with van der Waals surface area (Å²) in [7, 11) is -6.68. The molecule has 0 aliphatic carbocycles. The Kier molecular flexibility index (Phi) is 8.80. The second kappa shape index (κ2) is 10.7. The van der Waals surface area contributed by atoms with Crippen molar-refractivity contribution in [1.82, 2.24) is 0 Å². The van der Waals surface area contributed by atoms with Gasteiger partial charge in [-0.05, 0) is 36.4 Å². The van der Waals surface area contributed by atoms with Crippen LogP contribution in [0.1, 0.15) is 0 Å². The smallest absolute Gasteiger partial charge is 0.223 e. The van der Waals surface area contributed by atoms with Gasteiger partial charge in [0.25, 0.3) is 10.0 Å². The molecule has 0 spiro atoms. The van der Waals surface area contributed by atoms with E-state index in [0.717, 1.165) is 0 Å². The van der Waals surface area contributed by atoms with Crippen molar-refractivity contribution in [3.8, 4) is 0 Å². The summed E-state index contributed by atoms with van der Waals surface area (Å²) in [6, 6.07) is 32.2. The van der Waals surface area contributed by atoms with Crippen molar-refractivity contribution in [2.75, 3.05) is 0 Å². The highest BCUT2D eigenvalue weighted by Crippen LogP contribution is 2.54. The third kappa shape index (κ3) is 5.98. The van der Waals surface area contributed by atoms with Crippen molar-refractivity contribution in [1.29, 1.82) is 0 Å². The molecule has 0 aliphatic heterocycles. The lowest BCUT2D eigenvalue weighted by Gasteiger charge is -2.32. The largest absolute Gasteiger partial charge is 0.460 e. The van der Waals surface area contributed by atoms with E-state index in [1.165, 1.54) is 14.7 Å². The lowest BCUT2D eigenvalue weighted by molar-refractivity contribution is -0.382. The highest BCUT2D eigenvalue weighted by atomic mass is 32.2. The van der Waals surface area contributed by atoms with Crippen molar-refractivity contribution in [2.24, 2.45) is 5.14 Å². The van der Waals surface area contributed by atoms with Gasteiger partial charge in [-0.25, -0.2) is 13.6 Å². The molecule has 0 aromatic heterocycles. The average Bonchev–Trinajstić information content (AvgIpc) is 2.80. The molecule has 0 fully saturated rings. The number of sulfonamides is 1. The van der Waals surface area contributed by atoms with E-state index in [-0.39, 0.29) is 10.9 Å². The van der Waals surface area contributed by atoms with Gasteiger partial charge in [0.2, 0.25) is 0 Å². The molecule has 3 aromatic carbocycles. The van der Waals surface area contributed by atoms with Crippen molar-refractivity contribution in [3.63, 3.8) is 0 Å². The van der Waals surface area contributed by atoms with Crippen LogP contribution < -0.4 is 5.14 Å². The zero-order chi connectivity index (χ0) is 27.4. The van der Waals surface area contributed by atoms with E-state index in [2.05, 4.69) is 96.1 Å². The average molecular weight is 562 g/mol. The predicted octanol–water partition coefficient (Wildman–Crippen LogP) is 6.48. The van der Waals surface area contributed by atoms with Crippen LogP contribution in [0.4, 0.5) is 39.5 Å². The van der Waals surface area contributed by atoms with Gasteiger partial charge in [-0.1, -0.05) is 54.6 Å². The summed E-state index contributed by atoms with van der Waals surface area (Å²) in [6.45, 7) is 0. The van der Waals surface area contributed by atoms with Crippen molar-refractivity contribution < 1.29 is 47.9 Å². The number of nitrogens with two attached hydrogens (primary N) is 1. The molecule has 0 amide bonds. The van der Waals surface area contributed by atoms with Crippen molar-refractivity contribution in [2.45, 2.75) is 38.0 Å². The molecule has 0 atom stereocenters. The van der Waals surface area contributed by atoms with Crippen LogP contribution in [0.5, 0.6) is 0 Å². The molecule has 14 heteroatoms. The highest BCUT2D eigenvalue weighted by Gasteiger charge is 2.85. The number of halogens is 9. The van der Waals surface area contributed by atoms with E-state index in [4.69, 9.17) is 0 Å². The van der Waals surface area contributed by atoms with Gasteiger partial charge in [0.1, 0.15) is 0 Å². The summed E-state index contributed by atoms with van der Waals surface area (Å²) in [5, 5.41) is -3.30. The number of alkyl halides is 9. The van der Waals surface area contributed by atoms with E-state index in [9.17, 15) is 47.9 Å². The predicted molar refractivity (Wildman–Crippen MR) is 115 cm³/mol. The Hall–Kier alpha value is -2.71. The lowest BCUT2D eigenvalue weighted by Crippen LogP contribution is -2.64. The summed E-state index contributed by atoms with van der Waals surface area (Å²) < 4.78 is 127. The first-order chi connectivity index (χ1) is 16.4. The molecular formula is C22H17F9NO2S2+. The minimum Gasteiger partial charge on any atom is -0.223 e. The molecule has 0 aliphatic rings. The molecule has 0 saturated heterocycles. The first kappa shape index (κ1) is 29.5. The Morgan fingerprint density at radius 3 is 1.03 bits per heavy atom. The van der Waals surface area contributed by atoms with Gasteiger partial charge in [-0.2, -0.15) is 39.5 Å². The lowest BCUT2D eigenvalue weighted by atomic mass is 10.1. The van der Waals surface area contributed by atoms with E-state index in [1.807, 2.05) is 0 Å². The molecule has 0 radical (unpaired) electrons. The van der Waals surface area contributed by atoms with Crippen LogP contribution in [0.2, 0.25) is 0 Å². The Bertz CT molecular complexity index is 1130. The van der Waals surface area contributed by atoms with Crippen LogP contribution in [-0.4, -0.2) is 31.7 Å². The maximum absolute atomic E-state index is 12.3. The molecule has 3 rings (SSSR count). The Labute approximate surface area is 203 Å². The van der Waals surface area contributed by atoms with Gasteiger partial charge in [-0.15, -0.1) is 0 Å². The molecule has 0 bridgehead atoms. The second-order valence-electron chi connectivity index (χ2n) is 6.95. The molecule has 0 saturated carbocycles. The molecule has 3 nitrogen and oxygen atoms in total. The molecule has 0 heterocycles. The zero-order valence-electron chi connectivity index (χ0n) is 17.8. The molecule has 0 unspecified atom stereocenters. The van der Waals surface area contributed by atoms with Gasteiger partial charge in [0.05, 0.1) is 10.9 Å². The van der Waals surface area contributed by atoms with Gasteiger partial charge >= 0.3 is 23.3 Å². The summed E-state index contributed by atoms with van der Waals surface area (Å²) in [5.41, 5.74) is 0. The van der Waals surface area contributed by atoms with Gasteiger partial charge < -0.3 is 0 Å². The van der Waals surface area contributed by atoms with E-state index < -0.39 is 33.3 Å². The van der Waals surface area contributed by atoms with Crippen LogP contribution in [0, 0.1) is 0 Å². The topological polar surface area (TPSA) is 60.2 Å². The Morgan fingerprint density at radius 2 is 0.806 bits per heavy atom. The van der Waals surface area contributed by atoms with Crippen LogP contribution >= 0.6 is 0 Å². The fraction of sp³-hybridized carbons (Fsp3) is 0.182. The van der Waals surface area contributed by atoms with Crippen LogP contribution in [0.15, 0.2) is 106 Å². The summed E-state index contributed by atoms with van der Waals surface area (Å²) in [6.07, 6.45) is -7.08. The molecule has 3 aromatic rings. The third-order valence-electron chi connectivity index (χ3n) is 4.41. The molecule has 196 valence electrons. The highest BCUT2D eigenvalue weighted by molar-refractivity contribution is 7.97. The number of hydrogen-bond acceptors (Lipinski definition) is 2. The van der Waals surface area contributed by atoms with Gasteiger partial charge in [-0.3, -0.25) is 0 Å². The monoisotopic (exact) mass is 562 g/mol. The Morgan fingerprint density at radius 1 is 0.528 bits per heavy atom. The zero-order valence-corrected chi connectivity index (χ0v) is 19.4. The molecule has 2 N–H and O–H groups in total. The quantitative estimate of drug-likeness (QED) is 0.276. The number of primary sulfonamides is 1. The standard InChI is InChI=1S/C18H15S.C4H2F9NO2S/c1-4-10-16(11-5-1)19(17-12-6-2-7-13-17)18-14-8-3-9-15-18;5-1(6,3(9,10)11)2(7,8)4(12,13)17(14,15)16/h1-15H;(H2,14,15,16)/q+1;. The minimum atomic E-state index is -7.27. The second-order valence-corrected chi connectivity index (χ2v) is 10.6. The number of rotatable bonds is 6. The first-order valence-corrected chi connectivity index (χ1v) is 12.3. The summed E-state index contributed by atoms with van der Waals surface area (Å²) >= 11 is 0. The summed E-state index contributed by atoms with van der Waals surface area (Å²) in [4.78, 5) is 4.08. The van der Waals surface area contributed by atoms with E-state index in [0.29, 0.717) is 0 Å². The van der Waals surface area contributed by atoms with Gasteiger partial charge in [0, 0.05) is 0 Å². The first-order valence-electron chi connectivity index (χ1n) is 9.57. The van der Waals surface area contributed by atoms with Crippen molar-refractivity contribution >= 4 is 20.9 Å². The van der Waals surface area contributed by atoms with E-state index >= 15 is 0 Å². The maximum Gasteiger partial charge on any atom is 0.460 e. The maximum atomic E-state index is 12.3. The fourth-order valence-corrected chi connectivity index (χ4v) is 5.21. The minimum absolute atomic E-state index is 0.0146. The fourth-order valence-electron chi connectivity index (χ4n) is 2.62. The van der Waals surface area contributed by atoms with Crippen molar-refractivity contribution in [3.05, 3.63) is 91.0 Å². The number of hydrogen-bond donors (Lipinski definition) is 1. The summed E-state index contributed by atoms with van der Waals surface area (Å²) in [5.74, 6) is -14.5. The van der Waals surface area contributed by atoms with Crippen LogP contribution in [0.3, 0.4) is 0 Å². The van der Waals surface area contributed by atoms with Crippen LogP contribution in [-0.2, 0) is 20.9 Å². The van der Waals surface area contributed by atoms with Gasteiger partial charge in [0.15, 0.2) is 14.7 Å². The molecule has 36 heavy (non-hydrogen) atoms. The SMILES string of the molecule is NS(=O)(=O)C(F)(F)C(F)(F)C(F)(F)C(F)(F)F.c1ccc([S+](c2ccccc2)c2ccccc2)cc1. The number of benzene rings is 3. The van der Waals surface area contributed by atoms with E-state index in [1.54, 1.807) is 0 Å². The molecular weight excluding hydrogens is 545 g/mol. The normalized spacial score (nSPS) is 13.2.